The highest BCUT2D eigenvalue weighted by molar-refractivity contribution is 7.89. The molecule has 0 aromatic heterocycles. The summed E-state index contributed by atoms with van der Waals surface area (Å²) < 4.78 is 35.8. The van der Waals surface area contributed by atoms with E-state index in [0.717, 1.165) is 12.8 Å². The number of sulfonamides is 1. The van der Waals surface area contributed by atoms with Gasteiger partial charge < -0.3 is 4.90 Å². The van der Waals surface area contributed by atoms with Gasteiger partial charge in [0.2, 0.25) is 15.9 Å². The summed E-state index contributed by atoms with van der Waals surface area (Å²) in [6.07, 6.45) is 2.10. The largest absolute Gasteiger partial charge is 0.342 e. The predicted octanol–water partition coefficient (Wildman–Crippen LogP) is 1.29. The van der Waals surface area contributed by atoms with Crippen molar-refractivity contribution >= 4 is 15.9 Å². The van der Waals surface area contributed by atoms with Crippen molar-refractivity contribution in [2.45, 2.75) is 25.7 Å². The van der Waals surface area contributed by atoms with Crippen molar-refractivity contribution in [1.29, 1.82) is 0 Å². The quantitative estimate of drug-likeness (QED) is 0.884. The van der Waals surface area contributed by atoms with E-state index in [1.807, 2.05) is 0 Å². The summed E-state index contributed by atoms with van der Waals surface area (Å²) in [4.78, 5) is 13.9. The number of likely N-dealkylation sites (tertiary alicyclic amines) is 1. The Morgan fingerprint density at radius 1 is 1.36 bits per heavy atom. The Bertz CT molecular complexity index is 633. The van der Waals surface area contributed by atoms with Crippen LogP contribution >= 0.6 is 0 Å². The fourth-order valence-corrected chi connectivity index (χ4v) is 3.79. The van der Waals surface area contributed by atoms with Crippen LogP contribution in [0.25, 0.3) is 0 Å². The number of amides is 1. The molecule has 1 aromatic rings. The Morgan fingerprint density at radius 3 is 2.77 bits per heavy atom. The molecule has 1 amide bonds. The molecule has 1 atom stereocenters. The first kappa shape index (κ1) is 16.9. The molecule has 7 heteroatoms. The van der Waals surface area contributed by atoms with Crippen molar-refractivity contribution in [3.63, 3.8) is 0 Å². The molecule has 1 aliphatic rings. The lowest BCUT2D eigenvalue weighted by Crippen LogP contribution is -2.42. The van der Waals surface area contributed by atoms with Crippen molar-refractivity contribution in [2.75, 3.05) is 18.8 Å². The van der Waals surface area contributed by atoms with Crippen LogP contribution in [0, 0.1) is 11.7 Å². The van der Waals surface area contributed by atoms with Crippen LogP contribution < -0.4 is 5.14 Å². The average Bonchev–Trinajstić information content (AvgIpc) is 2.44. The molecule has 0 radical (unpaired) electrons. The van der Waals surface area contributed by atoms with E-state index in [-0.39, 0.29) is 29.8 Å². The number of nitrogens with zero attached hydrogens (tertiary/aromatic N) is 1. The van der Waals surface area contributed by atoms with Gasteiger partial charge in [-0.25, -0.2) is 17.9 Å². The standard InChI is InChI=1S/C15H21FN2O3S/c16-14-6-2-1-5-13(14)7-8-15(19)18-9-3-4-12(10-18)11-22(17,20)21/h1-2,5-6,12H,3-4,7-11H2,(H2,17,20,21)/t12-/m0/s1. The number of aryl methyl sites for hydroxylation is 1. The van der Waals surface area contributed by atoms with Gasteiger partial charge in [0.15, 0.2) is 0 Å². The molecule has 0 bridgehead atoms. The molecule has 1 aromatic carbocycles. The van der Waals surface area contributed by atoms with E-state index in [1.165, 1.54) is 6.07 Å². The maximum Gasteiger partial charge on any atom is 0.222 e. The van der Waals surface area contributed by atoms with Gasteiger partial charge in [-0.15, -0.1) is 0 Å². The second kappa shape index (κ2) is 7.19. The SMILES string of the molecule is NS(=O)(=O)C[C@H]1CCCN(C(=O)CCc2ccccc2F)C1. The van der Waals surface area contributed by atoms with Gasteiger partial charge in [-0.2, -0.15) is 0 Å². The maximum absolute atomic E-state index is 13.5. The Morgan fingerprint density at radius 2 is 2.09 bits per heavy atom. The van der Waals surface area contributed by atoms with Crippen molar-refractivity contribution in [3.8, 4) is 0 Å². The third-order valence-corrected chi connectivity index (χ3v) is 4.84. The molecule has 22 heavy (non-hydrogen) atoms. The maximum atomic E-state index is 13.5. The number of nitrogens with two attached hydrogens (primary N) is 1. The highest BCUT2D eigenvalue weighted by Gasteiger charge is 2.26. The fourth-order valence-electron chi connectivity index (χ4n) is 2.86. The van der Waals surface area contributed by atoms with Crippen molar-refractivity contribution in [2.24, 2.45) is 11.1 Å². The summed E-state index contributed by atoms with van der Waals surface area (Å²) in [5, 5.41) is 5.07. The van der Waals surface area contributed by atoms with Gasteiger partial charge >= 0.3 is 0 Å². The summed E-state index contributed by atoms with van der Waals surface area (Å²) in [6.45, 7) is 1.03. The van der Waals surface area contributed by atoms with Crippen LogP contribution in [0.2, 0.25) is 0 Å². The predicted molar refractivity (Wildman–Crippen MR) is 82.0 cm³/mol. The van der Waals surface area contributed by atoms with Gasteiger partial charge in [0.25, 0.3) is 0 Å². The van der Waals surface area contributed by atoms with Gasteiger partial charge in [-0.3, -0.25) is 4.79 Å². The minimum Gasteiger partial charge on any atom is -0.342 e. The molecule has 2 N–H and O–H groups in total. The van der Waals surface area contributed by atoms with Crippen LogP contribution in [-0.4, -0.2) is 38.1 Å². The Hall–Kier alpha value is -1.47. The molecule has 5 nitrogen and oxygen atoms in total. The van der Waals surface area contributed by atoms with Crippen LogP contribution in [-0.2, 0) is 21.2 Å². The third kappa shape index (κ3) is 5.06. The molecule has 0 spiro atoms. The number of carbonyl (C=O) groups is 1. The fraction of sp³-hybridized carbons (Fsp3) is 0.533. The molecule has 1 aliphatic heterocycles. The molecule has 1 heterocycles. The van der Waals surface area contributed by atoms with E-state index in [9.17, 15) is 17.6 Å². The lowest BCUT2D eigenvalue weighted by molar-refractivity contribution is -0.132. The Kier molecular flexibility index (Phi) is 5.52. The first-order valence-electron chi connectivity index (χ1n) is 7.37. The number of hydrogen-bond acceptors (Lipinski definition) is 3. The van der Waals surface area contributed by atoms with Gasteiger partial charge in [0.05, 0.1) is 5.75 Å². The van der Waals surface area contributed by atoms with E-state index < -0.39 is 10.0 Å². The van der Waals surface area contributed by atoms with E-state index >= 15 is 0 Å². The number of carbonyl (C=O) groups excluding carboxylic acids is 1. The molecule has 1 fully saturated rings. The third-order valence-electron chi connectivity index (χ3n) is 3.91. The Labute approximate surface area is 130 Å². The molecular formula is C15H21FN2O3S. The van der Waals surface area contributed by atoms with E-state index in [1.54, 1.807) is 23.1 Å². The van der Waals surface area contributed by atoms with Crippen molar-refractivity contribution < 1.29 is 17.6 Å². The summed E-state index contributed by atoms with van der Waals surface area (Å²) in [5.74, 6) is -0.575. The topological polar surface area (TPSA) is 80.5 Å². The van der Waals surface area contributed by atoms with Crippen LogP contribution in [0.4, 0.5) is 4.39 Å². The first-order valence-corrected chi connectivity index (χ1v) is 9.08. The zero-order valence-electron chi connectivity index (χ0n) is 12.4. The first-order chi connectivity index (χ1) is 10.3. The lowest BCUT2D eigenvalue weighted by Gasteiger charge is -2.32. The van der Waals surface area contributed by atoms with E-state index in [2.05, 4.69) is 0 Å². The summed E-state index contributed by atoms with van der Waals surface area (Å²) in [6, 6.07) is 6.40. The van der Waals surface area contributed by atoms with Crippen LogP contribution in [0.15, 0.2) is 24.3 Å². The molecule has 1 saturated heterocycles. The van der Waals surface area contributed by atoms with Crippen molar-refractivity contribution in [3.05, 3.63) is 35.6 Å². The van der Waals surface area contributed by atoms with Crippen LogP contribution in [0.1, 0.15) is 24.8 Å². The van der Waals surface area contributed by atoms with E-state index in [4.69, 9.17) is 5.14 Å². The summed E-state index contributed by atoms with van der Waals surface area (Å²) >= 11 is 0. The zero-order valence-corrected chi connectivity index (χ0v) is 13.2. The highest BCUT2D eigenvalue weighted by atomic mass is 32.2. The normalized spacial score (nSPS) is 19.2. The summed E-state index contributed by atoms with van der Waals surface area (Å²) in [5.41, 5.74) is 0.522. The molecule has 2 rings (SSSR count). The second-order valence-electron chi connectivity index (χ2n) is 5.77. The van der Waals surface area contributed by atoms with Gasteiger partial charge in [-0.05, 0) is 36.8 Å². The molecule has 0 unspecified atom stereocenters. The van der Waals surface area contributed by atoms with Crippen molar-refractivity contribution in [1.82, 2.24) is 4.90 Å². The second-order valence-corrected chi connectivity index (χ2v) is 7.43. The monoisotopic (exact) mass is 328 g/mol. The van der Waals surface area contributed by atoms with Gasteiger partial charge in [0.1, 0.15) is 5.82 Å². The number of primary sulfonamides is 1. The molecule has 0 aliphatic carbocycles. The number of benzene rings is 1. The number of halogens is 1. The lowest BCUT2D eigenvalue weighted by atomic mass is 9.99. The molecule has 122 valence electrons. The average molecular weight is 328 g/mol. The van der Waals surface area contributed by atoms with E-state index in [0.29, 0.717) is 25.1 Å². The number of piperidine rings is 1. The number of hydrogen-bond donors (Lipinski definition) is 1. The molecule has 0 saturated carbocycles. The van der Waals surface area contributed by atoms with Gasteiger partial charge in [-0.1, -0.05) is 18.2 Å². The zero-order chi connectivity index (χ0) is 16.2. The molecular weight excluding hydrogens is 307 g/mol. The highest BCUT2D eigenvalue weighted by Crippen LogP contribution is 2.19. The van der Waals surface area contributed by atoms with Gasteiger partial charge in [0, 0.05) is 19.5 Å². The number of rotatable bonds is 5. The van der Waals surface area contributed by atoms with Crippen LogP contribution in [0.5, 0.6) is 0 Å². The summed E-state index contributed by atoms with van der Waals surface area (Å²) in [7, 11) is -3.52. The van der Waals surface area contributed by atoms with Crippen LogP contribution in [0.3, 0.4) is 0 Å². The smallest absolute Gasteiger partial charge is 0.222 e. The Balaban J connectivity index is 1.88. The minimum atomic E-state index is -3.52. The minimum absolute atomic E-state index is 0.0672.